The zero-order valence-corrected chi connectivity index (χ0v) is 20.7. The Hall–Kier alpha value is -2.97. The number of aryl methyl sites for hydroxylation is 3. The second-order valence-electron chi connectivity index (χ2n) is 8.47. The summed E-state index contributed by atoms with van der Waals surface area (Å²) in [6, 6.07) is 11.7. The molecule has 0 amide bonds. The van der Waals surface area contributed by atoms with E-state index in [1.54, 1.807) is 36.4 Å². The number of nitrogens with one attached hydrogen (secondary N) is 1. The maximum absolute atomic E-state index is 12.5. The molecule has 0 saturated heterocycles. The fourth-order valence-electron chi connectivity index (χ4n) is 3.77. The number of hydrogen-bond acceptors (Lipinski definition) is 6. The van der Waals surface area contributed by atoms with Crippen LogP contribution in [0.15, 0.2) is 56.6 Å². The van der Waals surface area contributed by atoms with Crippen molar-refractivity contribution in [3.05, 3.63) is 69.6 Å². The average molecular weight is 486 g/mol. The molecular weight excluding hydrogens is 454 g/mol. The van der Waals surface area contributed by atoms with Gasteiger partial charge < -0.3 is 9.15 Å². The third-order valence-electron chi connectivity index (χ3n) is 5.46. The first-order chi connectivity index (χ1) is 16.2. The van der Waals surface area contributed by atoms with E-state index in [4.69, 9.17) is 9.15 Å². The molecule has 0 spiro atoms. The number of carbonyl (C=O) groups is 1. The summed E-state index contributed by atoms with van der Waals surface area (Å²) in [6.07, 6.45) is 3.58. The Morgan fingerprint density at radius 2 is 1.74 bits per heavy atom. The molecule has 0 aliphatic rings. The lowest BCUT2D eigenvalue weighted by molar-refractivity contribution is -0.134. The summed E-state index contributed by atoms with van der Waals surface area (Å²) in [4.78, 5) is 24.6. The van der Waals surface area contributed by atoms with E-state index in [1.807, 2.05) is 20.8 Å². The van der Waals surface area contributed by atoms with Crippen LogP contribution >= 0.6 is 0 Å². The lowest BCUT2D eigenvalue weighted by atomic mass is 10.0. The number of unbranched alkanes of at least 4 members (excludes halogenated alkanes) is 2. The fraction of sp³-hybridized carbons (Fsp3) is 0.385. The normalized spacial score (nSPS) is 11.6. The molecule has 3 aromatic rings. The van der Waals surface area contributed by atoms with Gasteiger partial charge in [-0.15, -0.1) is 0 Å². The Morgan fingerprint density at radius 3 is 2.44 bits per heavy atom. The van der Waals surface area contributed by atoms with Crippen LogP contribution in [0.25, 0.3) is 11.0 Å². The molecule has 8 heteroatoms. The summed E-state index contributed by atoms with van der Waals surface area (Å²) >= 11 is 0. The van der Waals surface area contributed by atoms with E-state index < -0.39 is 15.6 Å². The highest BCUT2D eigenvalue weighted by molar-refractivity contribution is 7.89. The number of benzene rings is 2. The molecule has 2 aromatic carbocycles. The number of esters is 1. The van der Waals surface area contributed by atoms with E-state index in [9.17, 15) is 18.0 Å². The third kappa shape index (κ3) is 6.77. The van der Waals surface area contributed by atoms with Crippen LogP contribution < -0.4 is 15.1 Å². The van der Waals surface area contributed by atoms with E-state index in [-0.39, 0.29) is 17.3 Å². The van der Waals surface area contributed by atoms with Crippen LogP contribution in [0.1, 0.15) is 55.7 Å². The highest BCUT2D eigenvalue weighted by Gasteiger charge is 2.16. The SMILES string of the molecule is CCCc1cc(=O)oc2cc(C)cc(OC(=O)CCCCCNS(=O)(=O)c3ccc(C)cc3)c12. The summed E-state index contributed by atoms with van der Waals surface area (Å²) in [5, 5.41) is 0.658. The lowest BCUT2D eigenvalue weighted by Crippen LogP contribution is -2.24. The molecule has 1 aromatic heterocycles. The van der Waals surface area contributed by atoms with Gasteiger partial charge in [-0.1, -0.05) is 37.5 Å². The van der Waals surface area contributed by atoms with Crippen LogP contribution in [-0.2, 0) is 21.2 Å². The van der Waals surface area contributed by atoms with Crippen molar-refractivity contribution in [1.82, 2.24) is 4.72 Å². The second kappa shape index (κ2) is 11.4. The van der Waals surface area contributed by atoms with Crippen LogP contribution in [0.5, 0.6) is 5.75 Å². The van der Waals surface area contributed by atoms with E-state index >= 15 is 0 Å². The van der Waals surface area contributed by atoms with Gasteiger partial charge in [0, 0.05) is 19.0 Å². The number of sulfonamides is 1. The third-order valence-corrected chi connectivity index (χ3v) is 6.94. The molecule has 7 nitrogen and oxygen atoms in total. The van der Waals surface area contributed by atoms with Crippen LogP contribution in [-0.4, -0.2) is 20.9 Å². The van der Waals surface area contributed by atoms with Gasteiger partial charge >= 0.3 is 11.6 Å². The molecule has 0 saturated carbocycles. The molecule has 0 aliphatic heterocycles. The highest BCUT2D eigenvalue weighted by atomic mass is 32.2. The number of hydrogen-bond donors (Lipinski definition) is 1. The smallest absolute Gasteiger partial charge is 0.336 e. The minimum Gasteiger partial charge on any atom is -0.426 e. The van der Waals surface area contributed by atoms with Crippen molar-refractivity contribution in [2.45, 2.75) is 64.2 Å². The van der Waals surface area contributed by atoms with Gasteiger partial charge in [-0.25, -0.2) is 17.9 Å². The number of carbonyl (C=O) groups excluding carboxylic acids is 1. The number of ether oxygens (including phenoxy) is 1. The van der Waals surface area contributed by atoms with Crippen molar-refractivity contribution in [3.63, 3.8) is 0 Å². The van der Waals surface area contributed by atoms with Crippen LogP contribution in [0.3, 0.4) is 0 Å². The topological polar surface area (TPSA) is 103 Å². The summed E-state index contributed by atoms with van der Waals surface area (Å²) in [5.41, 5.74) is 2.62. The Bertz CT molecular complexity index is 1310. The second-order valence-corrected chi connectivity index (χ2v) is 10.2. The molecule has 3 rings (SSSR count). The molecule has 0 aliphatic carbocycles. The molecule has 0 unspecified atom stereocenters. The quantitative estimate of drug-likeness (QED) is 0.181. The van der Waals surface area contributed by atoms with Gasteiger partial charge in [0.1, 0.15) is 11.3 Å². The van der Waals surface area contributed by atoms with Crippen LogP contribution in [0.2, 0.25) is 0 Å². The minimum atomic E-state index is -3.53. The summed E-state index contributed by atoms with van der Waals surface area (Å²) in [6.45, 7) is 6.06. The van der Waals surface area contributed by atoms with Crippen molar-refractivity contribution in [3.8, 4) is 5.75 Å². The monoisotopic (exact) mass is 485 g/mol. The van der Waals surface area contributed by atoms with Crippen molar-refractivity contribution >= 4 is 27.0 Å². The van der Waals surface area contributed by atoms with Gasteiger partial charge in [0.15, 0.2) is 0 Å². The summed E-state index contributed by atoms with van der Waals surface area (Å²) in [5.74, 6) is 0.0267. The first-order valence-electron chi connectivity index (χ1n) is 11.5. The fourth-order valence-corrected chi connectivity index (χ4v) is 4.84. The molecule has 34 heavy (non-hydrogen) atoms. The molecule has 0 radical (unpaired) electrons. The molecular formula is C26H31NO6S. The minimum absolute atomic E-state index is 0.208. The van der Waals surface area contributed by atoms with E-state index in [2.05, 4.69) is 4.72 Å². The van der Waals surface area contributed by atoms with Crippen molar-refractivity contribution in [2.75, 3.05) is 6.54 Å². The zero-order chi connectivity index (χ0) is 24.7. The average Bonchev–Trinajstić information content (AvgIpc) is 2.76. The van der Waals surface area contributed by atoms with E-state index in [0.29, 0.717) is 48.9 Å². The first kappa shape index (κ1) is 25.6. The maximum atomic E-state index is 12.5. The Morgan fingerprint density at radius 1 is 1.00 bits per heavy atom. The van der Waals surface area contributed by atoms with Gasteiger partial charge in [0.05, 0.1) is 10.3 Å². The Kier molecular flexibility index (Phi) is 8.63. The summed E-state index contributed by atoms with van der Waals surface area (Å²) < 4.78 is 38.2. The van der Waals surface area contributed by atoms with E-state index in [1.165, 1.54) is 6.07 Å². The highest BCUT2D eigenvalue weighted by Crippen LogP contribution is 2.31. The lowest BCUT2D eigenvalue weighted by Gasteiger charge is -2.12. The molecule has 1 N–H and O–H groups in total. The van der Waals surface area contributed by atoms with Crippen molar-refractivity contribution in [1.29, 1.82) is 0 Å². The molecule has 0 bridgehead atoms. The predicted molar refractivity (Wildman–Crippen MR) is 132 cm³/mol. The van der Waals surface area contributed by atoms with Crippen molar-refractivity contribution < 1.29 is 22.4 Å². The molecule has 1 heterocycles. The molecule has 182 valence electrons. The maximum Gasteiger partial charge on any atom is 0.336 e. The largest absolute Gasteiger partial charge is 0.426 e. The van der Waals surface area contributed by atoms with Gasteiger partial charge in [-0.3, -0.25) is 4.79 Å². The predicted octanol–water partition coefficient (Wildman–Crippen LogP) is 4.81. The van der Waals surface area contributed by atoms with Gasteiger partial charge in [0.25, 0.3) is 0 Å². The first-order valence-corrected chi connectivity index (χ1v) is 13.0. The standard InChI is InChI=1S/C26H31NO6S/c1-4-8-20-17-25(29)33-23-16-19(3)15-22(26(20)23)32-24(28)9-6-5-7-14-27-34(30,31)21-12-10-18(2)11-13-21/h10-13,15-17,27H,4-9,14H2,1-3H3. The molecule has 0 fully saturated rings. The van der Waals surface area contributed by atoms with Gasteiger partial charge in [-0.2, -0.15) is 0 Å². The van der Waals surface area contributed by atoms with Crippen LogP contribution in [0, 0.1) is 13.8 Å². The Labute approximate surface area is 200 Å². The van der Waals surface area contributed by atoms with Gasteiger partial charge in [0.2, 0.25) is 10.0 Å². The number of rotatable bonds is 11. The zero-order valence-electron chi connectivity index (χ0n) is 19.8. The van der Waals surface area contributed by atoms with Gasteiger partial charge in [-0.05, 0) is 68.5 Å². The summed E-state index contributed by atoms with van der Waals surface area (Å²) in [7, 11) is -3.53. The Balaban J connectivity index is 1.53. The molecule has 0 atom stereocenters. The van der Waals surface area contributed by atoms with E-state index in [0.717, 1.165) is 23.1 Å². The van der Waals surface area contributed by atoms with Crippen LogP contribution in [0.4, 0.5) is 0 Å². The van der Waals surface area contributed by atoms with Crippen molar-refractivity contribution in [2.24, 2.45) is 0 Å². The number of fused-ring (bicyclic) bond motifs is 1.